The third-order valence-corrected chi connectivity index (χ3v) is 4.01. The van der Waals surface area contributed by atoms with Crippen LogP contribution in [0.25, 0.3) is 11.3 Å². The Bertz CT molecular complexity index is 660. The van der Waals surface area contributed by atoms with Crippen LogP contribution in [-0.4, -0.2) is 29.1 Å². The van der Waals surface area contributed by atoms with Crippen LogP contribution in [0.3, 0.4) is 0 Å². The summed E-state index contributed by atoms with van der Waals surface area (Å²) in [7, 11) is 0. The summed E-state index contributed by atoms with van der Waals surface area (Å²) in [5, 5.41) is 11.9. The van der Waals surface area contributed by atoms with Crippen molar-refractivity contribution in [2.45, 2.75) is 40.0 Å². The van der Waals surface area contributed by atoms with Gasteiger partial charge in [0.25, 0.3) is 0 Å². The van der Waals surface area contributed by atoms with Gasteiger partial charge in [-0.05, 0) is 18.8 Å². The number of benzene rings is 1. The van der Waals surface area contributed by atoms with E-state index in [1.165, 1.54) is 5.56 Å². The number of nitrogens with zero attached hydrogens (tertiary/aromatic N) is 1. The number of carbonyl (C=O) groups is 1. The molecule has 0 atom stereocenters. The van der Waals surface area contributed by atoms with Crippen LogP contribution < -0.4 is 5.32 Å². The highest BCUT2D eigenvalue weighted by Gasteiger charge is 2.18. The van der Waals surface area contributed by atoms with Crippen LogP contribution in [0.1, 0.15) is 38.1 Å². The Morgan fingerprint density at radius 1 is 1.29 bits per heavy atom. The summed E-state index contributed by atoms with van der Waals surface area (Å²) in [6, 6.07) is 8.05. The molecule has 1 heterocycles. The van der Waals surface area contributed by atoms with Gasteiger partial charge in [0.05, 0.1) is 6.20 Å². The second-order valence-corrected chi connectivity index (χ2v) is 6.90. The third-order valence-electron chi connectivity index (χ3n) is 4.01. The summed E-state index contributed by atoms with van der Waals surface area (Å²) in [5.41, 5.74) is 2.07. The molecule has 1 amide bonds. The largest absolute Gasteiger partial charge is 0.441 e. The minimum absolute atomic E-state index is 0.0314. The molecule has 0 radical (unpaired) electrons. The molecule has 0 saturated heterocycles. The smallest absolute Gasteiger partial charge is 0.220 e. The van der Waals surface area contributed by atoms with Crippen LogP contribution in [0.4, 0.5) is 0 Å². The molecular weight excluding hydrogens is 304 g/mol. The molecule has 2 N–H and O–H groups in total. The van der Waals surface area contributed by atoms with Crippen LogP contribution in [-0.2, 0) is 11.2 Å². The summed E-state index contributed by atoms with van der Waals surface area (Å²) < 4.78 is 5.72. The highest BCUT2D eigenvalue weighted by Crippen LogP contribution is 2.21. The van der Waals surface area contributed by atoms with Gasteiger partial charge in [-0.25, -0.2) is 4.98 Å². The number of hydrogen-bond acceptors (Lipinski definition) is 4. The van der Waals surface area contributed by atoms with Crippen LogP contribution in [0, 0.1) is 12.3 Å². The summed E-state index contributed by atoms with van der Waals surface area (Å²) in [6.07, 6.45) is 3.16. The fourth-order valence-corrected chi connectivity index (χ4v) is 2.31. The van der Waals surface area contributed by atoms with E-state index in [1.54, 1.807) is 6.20 Å². The Balaban J connectivity index is 1.82. The Morgan fingerprint density at radius 3 is 2.67 bits per heavy atom. The highest BCUT2D eigenvalue weighted by molar-refractivity contribution is 5.76. The number of oxazole rings is 1. The van der Waals surface area contributed by atoms with Gasteiger partial charge in [0.2, 0.25) is 5.91 Å². The lowest BCUT2D eigenvalue weighted by Gasteiger charge is -2.23. The van der Waals surface area contributed by atoms with E-state index in [0.29, 0.717) is 31.7 Å². The first kappa shape index (κ1) is 18.2. The van der Waals surface area contributed by atoms with E-state index in [9.17, 15) is 4.79 Å². The lowest BCUT2D eigenvalue weighted by Crippen LogP contribution is -2.34. The molecule has 2 rings (SSSR count). The van der Waals surface area contributed by atoms with Gasteiger partial charge in [-0.15, -0.1) is 0 Å². The van der Waals surface area contributed by atoms with Gasteiger partial charge < -0.3 is 14.8 Å². The zero-order valence-corrected chi connectivity index (χ0v) is 14.6. The normalized spacial score (nSPS) is 11.5. The fourth-order valence-electron chi connectivity index (χ4n) is 2.31. The molecule has 0 unspecified atom stereocenters. The molecule has 0 bridgehead atoms. The lowest BCUT2D eigenvalue weighted by atomic mass is 9.90. The number of amides is 1. The van der Waals surface area contributed by atoms with Crippen molar-refractivity contribution >= 4 is 5.91 Å². The first-order chi connectivity index (χ1) is 11.4. The van der Waals surface area contributed by atoms with Crippen LogP contribution in [0.5, 0.6) is 0 Å². The van der Waals surface area contributed by atoms with Crippen molar-refractivity contribution in [2.24, 2.45) is 5.41 Å². The Hall–Kier alpha value is -2.14. The molecule has 24 heavy (non-hydrogen) atoms. The lowest BCUT2D eigenvalue weighted by molar-refractivity contribution is -0.121. The summed E-state index contributed by atoms with van der Waals surface area (Å²) in [6.45, 7) is 6.75. The second kappa shape index (κ2) is 8.11. The average Bonchev–Trinajstić information content (AvgIpc) is 3.01. The van der Waals surface area contributed by atoms with E-state index in [4.69, 9.17) is 9.52 Å². The Kier molecular flexibility index (Phi) is 6.15. The van der Waals surface area contributed by atoms with Crippen molar-refractivity contribution in [3.05, 3.63) is 41.9 Å². The summed E-state index contributed by atoms with van der Waals surface area (Å²) >= 11 is 0. The number of aromatic nitrogens is 1. The number of rotatable bonds is 8. The number of aliphatic hydroxyl groups excluding tert-OH is 1. The van der Waals surface area contributed by atoms with Gasteiger partial charge in [0.1, 0.15) is 0 Å². The molecule has 1 aromatic carbocycles. The summed E-state index contributed by atoms with van der Waals surface area (Å²) in [5.74, 6) is 1.25. The quantitative estimate of drug-likeness (QED) is 0.780. The van der Waals surface area contributed by atoms with Crippen molar-refractivity contribution in [3.63, 3.8) is 0 Å². The maximum atomic E-state index is 11.9. The van der Waals surface area contributed by atoms with Gasteiger partial charge in [-0.3, -0.25) is 4.79 Å². The molecule has 5 nitrogen and oxygen atoms in total. The van der Waals surface area contributed by atoms with Crippen molar-refractivity contribution in [1.82, 2.24) is 10.3 Å². The van der Waals surface area contributed by atoms with Gasteiger partial charge in [-0.2, -0.15) is 0 Å². The van der Waals surface area contributed by atoms with Crippen molar-refractivity contribution < 1.29 is 14.3 Å². The van der Waals surface area contributed by atoms with Gasteiger partial charge in [-0.1, -0.05) is 43.7 Å². The first-order valence-electron chi connectivity index (χ1n) is 8.29. The number of carbonyl (C=O) groups excluding carboxylic acids is 1. The average molecular weight is 330 g/mol. The molecular formula is C19H26N2O3. The number of aliphatic hydroxyl groups is 1. The molecule has 0 fully saturated rings. The number of hydrogen-bond donors (Lipinski definition) is 2. The fraction of sp³-hybridized carbons (Fsp3) is 0.474. The van der Waals surface area contributed by atoms with E-state index in [2.05, 4.69) is 10.3 Å². The van der Waals surface area contributed by atoms with Crippen LogP contribution in [0.15, 0.2) is 34.9 Å². The van der Waals surface area contributed by atoms with Gasteiger partial charge in [0.15, 0.2) is 11.7 Å². The van der Waals surface area contributed by atoms with E-state index >= 15 is 0 Å². The number of nitrogens with one attached hydrogen (secondary N) is 1. The number of aryl methyl sites for hydroxylation is 2. The maximum absolute atomic E-state index is 11.9. The standard InChI is InChI=1S/C19H26N2O3/c1-14-4-6-15(7-5-14)16-12-20-18(24-16)9-8-17(23)21-13-19(2,3)10-11-22/h4-7,12,22H,8-11,13H2,1-3H3,(H,21,23). The summed E-state index contributed by atoms with van der Waals surface area (Å²) in [4.78, 5) is 16.2. The molecule has 0 aliphatic rings. The van der Waals surface area contributed by atoms with Crippen LogP contribution in [0.2, 0.25) is 0 Å². The third kappa shape index (κ3) is 5.49. The van der Waals surface area contributed by atoms with E-state index in [0.717, 1.165) is 11.3 Å². The first-order valence-corrected chi connectivity index (χ1v) is 8.29. The molecule has 0 aliphatic carbocycles. The molecule has 0 saturated carbocycles. The topological polar surface area (TPSA) is 75.4 Å². The maximum Gasteiger partial charge on any atom is 0.220 e. The molecule has 5 heteroatoms. The van der Waals surface area contributed by atoms with Crippen molar-refractivity contribution in [2.75, 3.05) is 13.2 Å². The Labute approximate surface area is 143 Å². The van der Waals surface area contributed by atoms with Crippen LogP contribution >= 0.6 is 0 Å². The Morgan fingerprint density at radius 2 is 2.00 bits per heavy atom. The predicted octanol–water partition coefficient (Wildman–Crippen LogP) is 3.11. The molecule has 0 aliphatic heterocycles. The zero-order valence-electron chi connectivity index (χ0n) is 14.6. The molecule has 0 spiro atoms. The van der Waals surface area contributed by atoms with E-state index in [1.807, 2.05) is 45.0 Å². The zero-order chi connectivity index (χ0) is 17.6. The second-order valence-electron chi connectivity index (χ2n) is 6.90. The van der Waals surface area contributed by atoms with E-state index in [-0.39, 0.29) is 17.9 Å². The monoisotopic (exact) mass is 330 g/mol. The van der Waals surface area contributed by atoms with Gasteiger partial charge >= 0.3 is 0 Å². The SMILES string of the molecule is Cc1ccc(-c2cnc(CCC(=O)NCC(C)(C)CCO)o2)cc1. The minimum Gasteiger partial charge on any atom is -0.441 e. The predicted molar refractivity (Wildman–Crippen MR) is 93.5 cm³/mol. The van der Waals surface area contributed by atoms with E-state index < -0.39 is 0 Å². The van der Waals surface area contributed by atoms with Gasteiger partial charge in [0, 0.05) is 31.6 Å². The molecule has 1 aromatic heterocycles. The molecule has 2 aromatic rings. The highest BCUT2D eigenvalue weighted by atomic mass is 16.4. The minimum atomic E-state index is -0.105. The molecule has 130 valence electrons. The van der Waals surface area contributed by atoms with Crippen molar-refractivity contribution in [3.8, 4) is 11.3 Å². The van der Waals surface area contributed by atoms with Crippen molar-refractivity contribution in [1.29, 1.82) is 0 Å².